The Morgan fingerprint density at radius 2 is 1.64 bits per heavy atom. The van der Waals surface area contributed by atoms with E-state index in [4.69, 9.17) is 27.9 Å². The molecule has 1 saturated heterocycles. The van der Waals surface area contributed by atoms with Crippen molar-refractivity contribution in [3.8, 4) is 5.75 Å². The third kappa shape index (κ3) is 4.66. The van der Waals surface area contributed by atoms with Crippen molar-refractivity contribution in [2.75, 3.05) is 30.0 Å². The van der Waals surface area contributed by atoms with E-state index in [1.807, 2.05) is 24.3 Å². The monoisotopic (exact) mass is 524 g/mol. The minimum absolute atomic E-state index is 0.0591. The standard InChI is InChI=1S/C28H26Cl2N2O4/c1-4-31(5-2)20-12-9-17(10-13-20)25-24(26(33)22-16-19(30)11-14-23(22)36-3)27(34)28(35)32(25)21-8-6-7-18(29)15-21/h6-16,25,33H,4-5H2,1-3H3/b26-24+. The number of Topliss-reactive ketones (excluding diaryl/α,β-unsaturated/α-hetero) is 1. The summed E-state index contributed by atoms with van der Waals surface area (Å²) in [7, 11) is 1.45. The minimum Gasteiger partial charge on any atom is -0.507 e. The molecule has 1 atom stereocenters. The predicted molar refractivity (Wildman–Crippen MR) is 144 cm³/mol. The second-order valence-corrected chi connectivity index (χ2v) is 9.13. The van der Waals surface area contributed by atoms with Crippen molar-refractivity contribution < 1.29 is 19.4 Å². The maximum Gasteiger partial charge on any atom is 0.300 e. The molecule has 0 saturated carbocycles. The molecule has 1 aliphatic rings. The molecule has 1 aliphatic heterocycles. The van der Waals surface area contributed by atoms with E-state index in [1.165, 1.54) is 18.1 Å². The summed E-state index contributed by atoms with van der Waals surface area (Å²) in [5.41, 5.74) is 2.28. The summed E-state index contributed by atoms with van der Waals surface area (Å²) in [5.74, 6) is -1.62. The van der Waals surface area contributed by atoms with Crippen molar-refractivity contribution in [1.82, 2.24) is 0 Å². The summed E-state index contributed by atoms with van der Waals surface area (Å²) < 4.78 is 5.39. The Kier molecular flexibility index (Phi) is 7.57. The number of aliphatic hydroxyl groups is 1. The largest absolute Gasteiger partial charge is 0.507 e. The van der Waals surface area contributed by atoms with Crippen LogP contribution in [0.2, 0.25) is 10.0 Å². The van der Waals surface area contributed by atoms with E-state index >= 15 is 0 Å². The summed E-state index contributed by atoms with van der Waals surface area (Å²) in [4.78, 5) is 30.3. The van der Waals surface area contributed by atoms with Crippen molar-refractivity contribution >= 4 is 52.0 Å². The first-order valence-corrected chi connectivity index (χ1v) is 12.3. The van der Waals surface area contributed by atoms with Crippen LogP contribution in [0, 0.1) is 0 Å². The highest BCUT2D eigenvalue weighted by atomic mass is 35.5. The Morgan fingerprint density at radius 3 is 2.25 bits per heavy atom. The number of hydrogen-bond donors (Lipinski definition) is 1. The number of ether oxygens (including phenoxy) is 1. The van der Waals surface area contributed by atoms with Crippen molar-refractivity contribution in [2.45, 2.75) is 19.9 Å². The van der Waals surface area contributed by atoms with Gasteiger partial charge in [0.2, 0.25) is 0 Å². The lowest BCUT2D eigenvalue weighted by molar-refractivity contribution is -0.132. The zero-order valence-electron chi connectivity index (χ0n) is 20.2. The third-order valence-electron chi connectivity index (χ3n) is 6.28. The van der Waals surface area contributed by atoms with Crippen LogP contribution >= 0.6 is 23.2 Å². The van der Waals surface area contributed by atoms with Gasteiger partial charge in [0.25, 0.3) is 11.7 Å². The fourth-order valence-electron chi connectivity index (χ4n) is 4.51. The number of rotatable bonds is 7. The number of methoxy groups -OCH3 is 1. The SMILES string of the molecule is CCN(CC)c1ccc(C2/C(=C(\O)c3cc(Cl)ccc3OC)C(=O)C(=O)N2c2cccc(Cl)c2)cc1. The van der Waals surface area contributed by atoms with E-state index < -0.39 is 17.7 Å². The molecule has 0 bridgehead atoms. The highest BCUT2D eigenvalue weighted by Crippen LogP contribution is 2.44. The van der Waals surface area contributed by atoms with Crippen LogP contribution < -0.4 is 14.5 Å². The number of aliphatic hydroxyl groups excluding tert-OH is 1. The molecule has 0 radical (unpaired) electrons. The number of halogens is 2. The summed E-state index contributed by atoms with van der Waals surface area (Å²) in [6.07, 6.45) is 0. The van der Waals surface area contributed by atoms with Crippen LogP contribution in [0.25, 0.3) is 5.76 Å². The fraction of sp³-hybridized carbons (Fsp3) is 0.214. The summed E-state index contributed by atoms with van der Waals surface area (Å²) in [5, 5.41) is 12.2. The lowest BCUT2D eigenvalue weighted by Gasteiger charge is -2.27. The van der Waals surface area contributed by atoms with E-state index in [1.54, 1.807) is 36.4 Å². The van der Waals surface area contributed by atoms with Crippen LogP contribution in [0.4, 0.5) is 11.4 Å². The summed E-state index contributed by atoms with van der Waals surface area (Å²) in [6.45, 7) is 5.82. The van der Waals surface area contributed by atoms with Crippen LogP contribution in [0.15, 0.2) is 72.3 Å². The van der Waals surface area contributed by atoms with Crippen LogP contribution in [-0.2, 0) is 9.59 Å². The molecule has 4 rings (SSSR count). The minimum atomic E-state index is -0.891. The normalized spacial score (nSPS) is 16.9. The van der Waals surface area contributed by atoms with Gasteiger partial charge >= 0.3 is 0 Å². The number of ketones is 1. The quantitative estimate of drug-likeness (QED) is 0.217. The Balaban J connectivity index is 1.95. The maximum absolute atomic E-state index is 13.4. The zero-order valence-corrected chi connectivity index (χ0v) is 21.7. The molecule has 1 fully saturated rings. The second-order valence-electron chi connectivity index (χ2n) is 8.26. The van der Waals surface area contributed by atoms with Crippen LogP contribution in [0.5, 0.6) is 5.75 Å². The summed E-state index contributed by atoms with van der Waals surface area (Å²) >= 11 is 12.4. The highest BCUT2D eigenvalue weighted by molar-refractivity contribution is 6.52. The number of anilines is 2. The Labute approximate surface area is 220 Å². The third-order valence-corrected chi connectivity index (χ3v) is 6.76. The molecular weight excluding hydrogens is 499 g/mol. The zero-order chi connectivity index (χ0) is 26.0. The number of carbonyl (C=O) groups excluding carboxylic acids is 2. The smallest absolute Gasteiger partial charge is 0.300 e. The maximum atomic E-state index is 13.4. The molecule has 1 unspecified atom stereocenters. The molecule has 186 valence electrons. The molecule has 1 N–H and O–H groups in total. The number of amides is 1. The van der Waals surface area contributed by atoms with Crippen molar-refractivity contribution in [2.24, 2.45) is 0 Å². The molecule has 1 amide bonds. The molecular formula is C28H26Cl2N2O4. The van der Waals surface area contributed by atoms with Gasteiger partial charge in [-0.3, -0.25) is 14.5 Å². The molecule has 0 aliphatic carbocycles. The molecule has 3 aromatic rings. The van der Waals surface area contributed by atoms with E-state index in [0.29, 0.717) is 27.0 Å². The van der Waals surface area contributed by atoms with Gasteiger partial charge in [0.1, 0.15) is 11.5 Å². The highest BCUT2D eigenvalue weighted by Gasteiger charge is 2.47. The van der Waals surface area contributed by atoms with Gasteiger partial charge in [-0.25, -0.2) is 0 Å². The molecule has 0 spiro atoms. The average molecular weight is 525 g/mol. The van der Waals surface area contributed by atoms with Gasteiger partial charge in [-0.05, 0) is 67.9 Å². The molecule has 3 aromatic carbocycles. The molecule has 8 heteroatoms. The fourth-order valence-corrected chi connectivity index (χ4v) is 4.86. The van der Waals surface area contributed by atoms with Gasteiger partial charge < -0.3 is 14.7 Å². The average Bonchev–Trinajstić information content (AvgIpc) is 3.15. The lowest BCUT2D eigenvalue weighted by Crippen LogP contribution is -2.29. The van der Waals surface area contributed by atoms with E-state index in [2.05, 4.69) is 18.7 Å². The van der Waals surface area contributed by atoms with E-state index in [-0.39, 0.29) is 16.9 Å². The Hall–Kier alpha value is -3.48. The first-order chi connectivity index (χ1) is 17.3. The number of benzene rings is 3. The molecule has 36 heavy (non-hydrogen) atoms. The number of carbonyl (C=O) groups is 2. The lowest BCUT2D eigenvalue weighted by atomic mass is 9.94. The van der Waals surface area contributed by atoms with Gasteiger partial charge in [-0.15, -0.1) is 0 Å². The van der Waals surface area contributed by atoms with Crippen LogP contribution in [-0.4, -0.2) is 37.0 Å². The van der Waals surface area contributed by atoms with Crippen LogP contribution in [0.3, 0.4) is 0 Å². The van der Waals surface area contributed by atoms with Gasteiger partial charge in [0.05, 0.1) is 24.3 Å². The van der Waals surface area contributed by atoms with Crippen LogP contribution in [0.1, 0.15) is 31.0 Å². The summed E-state index contributed by atoms with van der Waals surface area (Å²) in [6, 6.07) is 18.2. The predicted octanol–water partition coefficient (Wildman–Crippen LogP) is 6.47. The molecule has 0 aromatic heterocycles. The van der Waals surface area contributed by atoms with Gasteiger partial charge in [0.15, 0.2) is 0 Å². The van der Waals surface area contributed by atoms with Crippen molar-refractivity contribution in [3.05, 3.63) is 93.5 Å². The second kappa shape index (κ2) is 10.6. The van der Waals surface area contributed by atoms with E-state index in [9.17, 15) is 14.7 Å². The van der Waals surface area contributed by atoms with Crippen molar-refractivity contribution in [3.63, 3.8) is 0 Å². The van der Waals surface area contributed by atoms with Gasteiger partial charge in [0, 0.05) is 34.5 Å². The molecule has 6 nitrogen and oxygen atoms in total. The Bertz CT molecular complexity index is 1330. The number of hydrogen-bond acceptors (Lipinski definition) is 5. The van der Waals surface area contributed by atoms with Gasteiger partial charge in [-0.2, -0.15) is 0 Å². The number of nitrogens with zero attached hydrogens (tertiary/aromatic N) is 2. The topological polar surface area (TPSA) is 70.1 Å². The van der Waals surface area contributed by atoms with Crippen molar-refractivity contribution in [1.29, 1.82) is 0 Å². The Morgan fingerprint density at radius 1 is 0.972 bits per heavy atom. The first-order valence-electron chi connectivity index (χ1n) is 11.6. The first kappa shape index (κ1) is 25.6. The molecule has 1 heterocycles. The van der Waals surface area contributed by atoms with E-state index in [0.717, 1.165) is 18.8 Å². The van der Waals surface area contributed by atoms with Gasteiger partial charge in [-0.1, -0.05) is 41.4 Å².